The average Bonchev–Trinajstić information content (AvgIpc) is 2.63. The Morgan fingerprint density at radius 2 is 2.07 bits per heavy atom. The zero-order valence-electron chi connectivity index (χ0n) is 8.43. The Hall–Kier alpha value is -0.860. The topological polar surface area (TPSA) is 50.5 Å². The molecule has 1 heterocycles. The molecule has 1 rings (SSSR count). The van der Waals surface area contributed by atoms with Gasteiger partial charge in [-0.15, -0.1) is 0 Å². The molecule has 0 aromatic carbocycles. The first-order valence-electron chi connectivity index (χ1n) is 4.59. The van der Waals surface area contributed by atoms with E-state index in [0.29, 0.717) is 0 Å². The second-order valence-electron chi connectivity index (χ2n) is 2.94. The van der Waals surface area contributed by atoms with E-state index in [1.165, 1.54) is 18.2 Å². The molecule has 4 nitrogen and oxygen atoms in total. The third-order valence-corrected chi connectivity index (χ3v) is 1.83. The van der Waals surface area contributed by atoms with Gasteiger partial charge in [0.1, 0.15) is 12.1 Å². The minimum Gasteiger partial charge on any atom is -0.376 e. The molecular formula is C9H17N3OS. The second kappa shape index (κ2) is 8.73. The Morgan fingerprint density at radius 1 is 1.50 bits per heavy atom. The predicted molar refractivity (Wildman–Crippen MR) is 59.1 cm³/mol. The van der Waals surface area contributed by atoms with Gasteiger partial charge in [-0.05, 0) is 6.42 Å². The van der Waals surface area contributed by atoms with Crippen molar-refractivity contribution >= 4 is 12.6 Å². The largest absolute Gasteiger partial charge is 0.376 e. The van der Waals surface area contributed by atoms with Gasteiger partial charge < -0.3 is 14.9 Å². The fourth-order valence-corrected chi connectivity index (χ4v) is 1.11. The normalized spacial score (nSPS) is 13.6. The molecule has 0 saturated heterocycles. The van der Waals surface area contributed by atoms with E-state index in [1.807, 2.05) is 17.3 Å². The number of hydrogen-bond donors (Lipinski definition) is 2. The van der Waals surface area contributed by atoms with E-state index in [1.54, 1.807) is 0 Å². The van der Waals surface area contributed by atoms with Crippen molar-refractivity contribution in [2.75, 3.05) is 19.9 Å². The van der Waals surface area contributed by atoms with Gasteiger partial charge in [-0.2, -0.15) is 5.26 Å². The Morgan fingerprint density at radius 3 is 2.50 bits per heavy atom. The van der Waals surface area contributed by atoms with Crippen molar-refractivity contribution in [2.45, 2.75) is 19.8 Å². The quantitative estimate of drug-likeness (QED) is 0.546. The summed E-state index contributed by atoms with van der Waals surface area (Å²) in [5.41, 5.74) is 0. The summed E-state index contributed by atoms with van der Waals surface area (Å²) in [6.45, 7) is 4.25. The number of thiocyanates is 1. The fraction of sp³-hybridized carbons (Fsp3) is 0.667. The molecule has 0 fully saturated rings. The predicted octanol–water partition coefficient (Wildman–Crippen LogP) is 1.18. The Labute approximate surface area is 90.8 Å². The minimum atomic E-state index is 0.124. The van der Waals surface area contributed by atoms with Gasteiger partial charge in [-0.25, -0.2) is 0 Å². The summed E-state index contributed by atoms with van der Waals surface area (Å²) < 4.78 is 0. The summed E-state index contributed by atoms with van der Waals surface area (Å²) >= 11 is 3.09. The first-order valence-corrected chi connectivity index (χ1v) is 5.03. The summed E-state index contributed by atoms with van der Waals surface area (Å²) in [4.78, 5) is 4.08. The molecule has 1 aliphatic heterocycles. The summed E-state index contributed by atoms with van der Waals surface area (Å²) in [5, 5.41) is 17.4. The van der Waals surface area contributed by atoms with Gasteiger partial charge in [0.05, 0.1) is 6.67 Å². The fourth-order valence-electron chi connectivity index (χ4n) is 1.11. The molecule has 1 aliphatic rings. The molecule has 5 heteroatoms. The number of hydrogen-bond acceptors (Lipinski definition) is 5. The molecular weight excluding hydrogens is 198 g/mol. The number of nitriles is 1. The highest BCUT2D eigenvalue weighted by molar-refractivity contribution is 7.85. The minimum absolute atomic E-state index is 0.124. The highest BCUT2D eigenvalue weighted by Crippen LogP contribution is 2.05. The van der Waals surface area contributed by atoms with Crippen LogP contribution in [0.2, 0.25) is 0 Å². The smallest absolute Gasteiger partial charge is 0.130 e. The van der Waals surface area contributed by atoms with Gasteiger partial charge in [-0.3, -0.25) is 0 Å². The van der Waals surface area contributed by atoms with Crippen LogP contribution in [0.3, 0.4) is 0 Å². The molecule has 0 bridgehead atoms. The molecule has 0 spiro atoms. The SMILES string of the molecule is CCCCN1C=CN(CO)C1.N#CS. The van der Waals surface area contributed by atoms with E-state index in [9.17, 15) is 0 Å². The van der Waals surface area contributed by atoms with Crippen molar-refractivity contribution in [3.8, 4) is 5.40 Å². The van der Waals surface area contributed by atoms with Crippen LogP contribution in [-0.2, 0) is 0 Å². The third-order valence-electron chi connectivity index (χ3n) is 1.83. The van der Waals surface area contributed by atoms with Gasteiger partial charge >= 0.3 is 0 Å². The monoisotopic (exact) mass is 215 g/mol. The van der Waals surface area contributed by atoms with Crippen LogP contribution in [-0.4, -0.2) is 34.9 Å². The number of nitrogens with zero attached hydrogens (tertiary/aromatic N) is 3. The molecule has 0 amide bonds. The van der Waals surface area contributed by atoms with Gasteiger partial charge in [0, 0.05) is 18.9 Å². The van der Waals surface area contributed by atoms with E-state index in [2.05, 4.69) is 24.5 Å². The molecule has 0 unspecified atom stereocenters. The van der Waals surface area contributed by atoms with Crippen LogP contribution in [0.1, 0.15) is 19.8 Å². The Balaban J connectivity index is 0.000000500. The van der Waals surface area contributed by atoms with Crippen LogP contribution in [0.25, 0.3) is 0 Å². The lowest BCUT2D eigenvalue weighted by Crippen LogP contribution is -2.26. The van der Waals surface area contributed by atoms with Crippen LogP contribution in [0.5, 0.6) is 0 Å². The summed E-state index contributed by atoms with van der Waals surface area (Å²) in [6, 6.07) is 0. The zero-order valence-corrected chi connectivity index (χ0v) is 9.32. The molecule has 14 heavy (non-hydrogen) atoms. The number of thiol groups is 1. The van der Waals surface area contributed by atoms with Gasteiger partial charge in [-0.1, -0.05) is 26.0 Å². The Bertz CT molecular complexity index is 203. The van der Waals surface area contributed by atoms with Crippen molar-refractivity contribution in [3.05, 3.63) is 12.4 Å². The lowest BCUT2D eigenvalue weighted by atomic mass is 10.3. The van der Waals surface area contributed by atoms with Crippen LogP contribution in [0.4, 0.5) is 0 Å². The molecule has 0 radical (unpaired) electrons. The summed E-state index contributed by atoms with van der Waals surface area (Å²) in [6.07, 6.45) is 6.41. The van der Waals surface area contributed by atoms with Gasteiger partial charge in [0.2, 0.25) is 0 Å². The van der Waals surface area contributed by atoms with Crippen LogP contribution < -0.4 is 0 Å². The molecule has 1 N–H and O–H groups in total. The lowest BCUT2D eigenvalue weighted by Gasteiger charge is -2.18. The van der Waals surface area contributed by atoms with E-state index in [0.717, 1.165) is 13.2 Å². The van der Waals surface area contributed by atoms with Crippen molar-refractivity contribution in [3.63, 3.8) is 0 Å². The Kier molecular flexibility index (Phi) is 8.19. The first kappa shape index (κ1) is 13.1. The molecule has 0 aliphatic carbocycles. The maximum absolute atomic E-state index is 8.76. The number of aliphatic hydroxyl groups excluding tert-OH is 1. The maximum Gasteiger partial charge on any atom is 0.130 e. The highest BCUT2D eigenvalue weighted by Gasteiger charge is 2.08. The van der Waals surface area contributed by atoms with Gasteiger partial charge in [0.25, 0.3) is 0 Å². The van der Waals surface area contributed by atoms with Crippen molar-refractivity contribution in [2.24, 2.45) is 0 Å². The van der Waals surface area contributed by atoms with Crippen LogP contribution in [0, 0.1) is 10.7 Å². The van der Waals surface area contributed by atoms with Crippen LogP contribution >= 0.6 is 12.6 Å². The van der Waals surface area contributed by atoms with E-state index in [-0.39, 0.29) is 6.73 Å². The lowest BCUT2D eigenvalue weighted by molar-refractivity contribution is 0.127. The van der Waals surface area contributed by atoms with Crippen LogP contribution in [0.15, 0.2) is 12.4 Å². The third kappa shape index (κ3) is 5.73. The maximum atomic E-state index is 8.76. The molecule has 0 aromatic heterocycles. The van der Waals surface area contributed by atoms with Gasteiger partial charge in [0.15, 0.2) is 0 Å². The molecule has 80 valence electrons. The number of rotatable bonds is 4. The molecule has 0 atom stereocenters. The second-order valence-corrected chi connectivity index (χ2v) is 3.14. The summed E-state index contributed by atoms with van der Waals surface area (Å²) in [5.74, 6) is 0. The number of unbranched alkanes of at least 4 members (excludes halogenated alkanes) is 1. The van der Waals surface area contributed by atoms with E-state index in [4.69, 9.17) is 10.4 Å². The average molecular weight is 215 g/mol. The van der Waals surface area contributed by atoms with Crippen molar-refractivity contribution < 1.29 is 5.11 Å². The van der Waals surface area contributed by atoms with Crippen molar-refractivity contribution in [1.82, 2.24) is 9.80 Å². The molecule has 0 saturated carbocycles. The molecule has 0 aromatic rings. The van der Waals surface area contributed by atoms with E-state index < -0.39 is 0 Å². The number of aliphatic hydroxyl groups is 1. The highest BCUT2D eigenvalue weighted by atomic mass is 32.1. The zero-order chi connectivity index (χ0) is 10.8. The first-order chi connectivity index (χ1) is 6.78. The van der Waals surface area contributed by atoms with E-state index >= 15 is 0 Å². The van der Waals surface area contributed by atoms with Crippen molar-refractivity contribution in [1.29, 1.82) is 5.26 Å². The standard InChI is InChI=1S/C8H16N2O.CHNS/c1-2-3-4-9-5-6-10(7-9)8-11;2-1-3/h5-6,11H,2-4,7-8H2,1H3;3H. The summed E-state index contributed by atoms with van der Waals surface area (Å²) in [7, 11) is 0.